The van der Waals surface area contributed by atoms with Crippen molar-refractivity contribution in [3.8, 4) is 0 Å². The summed E-state index contributed by atoms with van der Waals surface area (Å²) in [6.45, 7) is 4.69. The number of thioether (sulfide) groups is 2. The van der Waals surface area contributed by atoms with Crippen LogP contribution in [0, 0.1) is 0 Å². The molecule has 0 saturated heterocycles. The summed E-state index contributed by atoms with van der Waals surface area (Å²) in [5.74, 6) is 0. The van der Waals surface area contributed by atoms with E-state index in [9.17, 15) is 0 Å². The maximum atomic E-state index is 2.41. The molecule has 0 atom stereocenters. The fraction of sp³-hybridized carbons (Fsp3) is 0.625. The molecule has 18 heavy (non-hydrogen) atoms. The Morgan fingerprint density at radius 1 is 0.889 bits per heavy atom. The summed E-state index contributed by atoms with van der Waals surface area (Å²) in [5.41, 5.74) is 0. The summed E-state index contributed by atoms with van der Waals surface area (Å²) >= 11 is 4.14. The van der Waals surface area contributed by atoms with Gasteiger partial charge in [-0.25, -0.2) is 0 Å². The summed E-state index contributed by atoms with van der Waals surface area (Å²) < 4.78 is 0.383. The molecule has 1 aliphatic rings. The van der Waals surface area contributed by atoms with Crippen LogP contribution in [0.4, 0.5) is 0 Å². The second-order valence-corrected chi connectivity index (χ2v) is 8.65. The minimum atomic E-state index is 0.383. The van der Waals surface area contributed by atoms with Crippen LogP contribution < -0.4 is 0 Å². The summed E-state index contributed by atoms with van der Waals surface area (Å²) in [5, 5.41) is 0. The highest BCUT2D eigenvalue weighted by molar-refractivity contribution is 8.20. The van der Waals surface area contributed by atoms with Crippen molar-refractivity contribution in [1.29, 1.82) is 0 Å². The van der Waals surface area contributed by atoms with E-state index in [0.29, 0.717) is 4.08 Å². The normalized spacial score (nSPS) is 16.8. The van der Waals surface area contributed by atoms with E-state index >= 15 is 0 Å². The molecule has 0 amide bonds. The van der Waals surface area contributed by atoms with Gasteiger partial charge in [0.25, 0.3) is 0 Å². The molecule has 0 spiro atoms. The van der Waals surface area contributed by atoms with Crippen LogP contribution in [0.15, 0.2) is 34.1 Å². The summed E-state index contributed by atoms with van der Waals surface area (Å²) in [6.07, 6.45) is 9.73. The van der Waals surface area contributed by atoms with Crippen molar-refractivity contribution in [2.75, 3.05) is 0 Å². The molecule has 0 saturated carbocycles. The average molecular weight is 281 g/mol. The Balaban J connectivity index is 1.71. The van der Waals surface area contributed by atoms with Crippen molar-refractivity contribution in [3.63, 3.8) is 0 Å². The zero-order chi connectivity index (χ0) is 12.8. The first-order chi connectivity index (χ1) is 8.73. The number of hydrogen-bond acceptors (Lipinski definition) is 2. The molecule has 1 aromatic carbocycles. The lowest BCUT2D eigenvalue weighted by Gasteiger charge is -2.21. The molecule has 0 unspecified atom stereocenters. The van der Waals surface area contributed by atoms with E-state index in [1.165, 1.54) is 54.7 Å². The van der Waals surface area contributed by atoms with E-state index in [-0.39, 0.29) is 0 Å². The first kappa shape index (κ1) is 14.3. The topological polar surface area (TPSA) is 0 Å². The van der Waals surface area contributed by atoms with Gasteiger partial charge in [-0.1, -0.05) is 57.6 Å². The van der Waals surface area contributed by atoms with Gasteiger partial charge in [-0.05, 0) is 25.5 Å². The molecule has 0 fully saturated rings. The van der Waals surface area contributed by atoms with Gasteiger partial charge in [0.2, 0.25) is 0 Å². The van der Waals surface area contributed by atoms with E-state index in [4.69, 9.17) is 0 Å². The molecule has 2 heteroatoms. The van der Waals surface area contributed by atoms with E-state index in [1.54, 1.807) is 0 Å². The van der Waals surface area contributed by atoms with Gasteiger partial charge in [0, 0.05) is 9.79 Å². The molecular formula is C16H24S2. The summed E-state index contributed by atoms with van der Waals surface area (Å²) in [4.78, 5) is 2.96. The lowest BCUT2D eigenvalue weighted by Crippen LogP contribution is -2.10. The zero-order valence-electron chi connectivity index (χ0n) is 11.6. The van der Waals surface area contributed by atoms with Gasteiger partial charge in [-0.3, -0.25) is 0 Å². The molecule has 1 aromatic rings. The third kappa shape index (κ3) is 3.96. The number of fused-ring (bicyclic) bond motifs is 1. The molecule has 0 bridgehead atoms. The first-order valence-corrected chi connectivity index (χ1v) is 8.84. The quantitative estimate of drug-likeness (QED) is 0.534. The van der Waals surface area contributed by atoms with Gasteiger partial charge in [0.15, 0.2) is 0 Å². The first-order valence-electron chi connectivity index (χ1n) is 7.20. The predicted octanol–water partition coefficient (Wildman–Crippen LogP) is 6.35. The van der Waals surface area contributed by atoms with Crippen LogP contribution in [0.1, 0.15) is 58.8 Å². The van der Waals surface area contributed by atoms with Crippen LogP contribution in [0.25, 0.3) is 0 Å². The van der Waals surface area contributed by atoms with Gasteiger partial charge in [-0.15, -0.1) is 23.5 Å². The fourth-order valence-electron chi connectivity index (χ4n) is 2.43. The van der Waals surface area contributed by atoms with Crippen LogP contribution >= 0.6 is 23.5 Å². The minimum Gasteiger partial charge on any atom is -0.107 e. The highest BCUT2D eigenvalue weighted by atomic mass is 32.2. The van der Waals surface area contributed by atoms with Crippen molar-refractivity contribution in [1.82, 2.24) is 0 Å². The second-order valence-electron chi connectivity index (χ2n) is 5.30. The standard InChI is InChI=1S/C16H24S2/c1-3-4-5-6-7-10-13-16(2)17-14-11-8-9-12-15(14)18-16/h8-9,11-12H,3-7,10,13H2,1-2H3. The molecule has 0 radical (unpaired) electrons. The highest BCUT2D eigenvalue weighted by Crippen LogP contribution is 2.57. The Kier molecular flexibility index (Phi) is 5.50. The van der Waals surface area contributed by atoms with Crippen molar-refractivity contribution in [2.24, 2.45) is 0 Å². The Hall–Kier alpha value is -0.0800. The minimum absolute atomic E-state index is 0.383. The fourth-order valence-corrected chi connectivity index (χ4v) is 5.44. The third-order valence-corrected chi connectivity index (χ3v) is 6.54. The second kappa shape index (κ2) is 6.91. The molecule has 100 valence electrons. The van der Waals surface area contributed by atoms with Gasteiger partial charge >= 0.3 is 0 Å². The number of benzene rings is 1. The van der Waals surface area contributed by atoms with Crippen LogP contribution in [0.3, 0.4) is 0 Å². The molecule has 0 aliphatic carbocycles. The molecule has 1 heterocycles. The number of rotatable bonds is 7. The van der Waals surface area contributed by atoms with E-state index in [0.717, 1.165) is 0 Å². The molecule has 1 aliphatic heterocycles. The monoisotopic (exact) mass is 280 g/mol. The van der Waals surface area contributed by atoms with E-state index in [2.05, 4.69) is 61.6 Å². The molecule has 0 nitrogen and oxygen atoms in total. The molecule has 0 aromatic heterocycles. The molecular weight excluding hydrogens is 256 g/mol. The lowest BCUT2D eigenvalue weighted by atomic mass is 10.1. The predicted molar refractivity (Wildman–Crippen MR) is 84.6 cm³/mol. The summed E-state index contributed by atoms with van der Waals surface area (Å²) in [7, 11) is 0. The Morgan fingerprint density at radius 2 is 1.44 bits per heavy atom. The van der Waals surface area contributed by atoms with Crippen LogP contribution in [-0.2, 0) is 0 Å². The van der Waals surface area contributed by atoms with Crippen molar-refractivity contribution in [2.45, 2.75) is 72.7 Å². The number of unbranched alkanes of at least 4 members (excludes halogenated alkanes) is 5. The molecule has 0 N–H and O–H groups in total. The maximum absolute atomic E-state index is 2.41. The van der Waals surface area contributed by atoms with Gasteiger partial charge < -0.3 is 0 Å². The SMILES string of the molecule is CCCCCCCCC1(C)Sc2ccccc2S1. The average Bonchev–Trinajstić information content (AvgIpc) is 2.70. The van der Waals surface area contributed by atoms with Crippen LogP contribution in [0.5, 0.6) is 0 Å². The Morgan fingerprint density at radius 3 is 2.06 bits per heavy atom. The number of hydrogen-bond donors (Lipinski definition) is 0. The zero-order valence-corrected chi connectivity index (χ0v) is 13.2. The van der Waals surface area contributed by atoms with Crippen molar-refractivity contribution >= 4 is 23.5 Å². The van der Waals surface area contributed by atoms with E-state index < -0.39 is 0 Å². The largest absolute Gasteiger partial charge is 0.107 e. The van der Waals surface area contributed by atoms with E-state index in [1.807, 2.05) is 0 Å². The Bertz CT molecular complexity index is 348. The lowest BCUT2D eigenvalue weighted by molar-refractivity contribution is 0.581. The molecule has 2 rings (SSSR count). The third-order valence-electron chi connectivity index (χ3n) is 3.49. The van der Waals surface area contributed by atoms with Gasteiger partial charge in [0.05, 0.1) is 4.08 Å². The van der Waals surface area contributed by atoms with Crippen LogP contribution in [-0.4, -0.2) is 4.08 Å². The van der Waals surface area contributed by atoms with Gasteiger partial charge in [0.1, 0.15) is 0 Å². The van der Waals surface area contributed by atoms with Crippen LogP contribution in [0.2, 0.25) is 0 Å². The summed E-state index contributed by atoms with van der Waals surface area (Å²) in [6, 6.07) is 8.84. The maximum Gasteiger partial charge on any atom is 0.0677 e. The van der Waals surface area contributed by atoms with Crippen molar-refractivity contribution in [3.05, 3.63) is 24.3 Å². The Labute approximate surface area is 120 Å². The van der Waals surface area contributed by atoms with Gasteiger partial charge in [-0.2, -0.15) is 0 Å². The highest BCUT2D eigenvalue weighted by Gasteiger charge is 2.33. The smallest absolute Gasteiger partial charge is 0.0677 e. The van der Waals surface area contributed by atoms with Crippen molar-refractivity contribution < 1.29 is 0 Å².